The fraction of sp³-hybridized carbons (Fsp3) is 0.286. The summed E-state index contributed by atoms with van der Waals surface area (Å²) in [6, 6.07) is 28.6. The number of hydrogen-bond acceptors (Lipinski definition) is 3. The lowest BCUT2D eigenvalue weighted by atomic mass is 10.00. The van der Waals surface area contributed by atoms with E-state index in [0.29, 0.717) is 0 Å². The molecule has 3 aromatic rings. The molecular formula is C28H31N3O. The van der Waals surface area contributed by atoms with Crippen molar-refractivity contribution >= 4 is 17.3 Å². The van der Waals surface area contributed by atoms with Gasteiger partial charge in [-0.3, -0.25) is 14.7 Å². The van der Waals surface area contributed by atoms with E-state index in [2.05, 4.69) is 60.5 Å². The summed E-state index contributed by atoms with van der Waals surface area (Å²) in [7, 11) is 0. The van der Waals surface area contributed by atoms with Gasteiger partial charge in [0.25, 0.3) is 0 Å². The summed E-state index contributed by atoms with van der Waals surface area (Å²) in [5, 5.41) is 3.23. The lowest BCUT2D eigenvalue weighted by Gasteiger charge is -2.24. The summed E-state index contributed by atoms with van der Waals surface area (Å²) in [6.07, 6.45) is 1.92. The van der Waals surface area contributed by atoms with Crippen LogP contribution in [-0.4, -0.2) is 35.1 Å². The van der Waals surface area contributed by atoms with Crippen molar-refractivity contribution in [2.75, 3.05) is 11.9 Å². The number of likely N-dealkylation sites (tertiary alicyclic amines) is 1. The van der Waals surface area contributed by atoms with Gasteiger partial charge in [0, 0.05) is 23.7 Å². The van der Waals surface area contributed by atoms with E-state index in [-0.39, 0.29) is 18.0 Å². The van der Waals surface area contributed by atoms with Crippen LogP contribution in [0.15, 0.2) is 89.9 Å². The van der Waals surface area contributed by atoms with Gasteiger partial charge >= 0.3 is 0 Å². The normalized spacial score (nSPS) is 17.0. The number of anilines is 1. The highest BCUT2D eigenvalue weighted by molar-refractivity contribution is 6.17. The van der Waals surface area contributed by atoms with E-state index in [0.717, 1.165) is 48.5 Å². The molecule has 4 rings (SSSR count). The second-order valence-corrected chi connectivity index (χ2v) is 8.59. The summed E-state index contributed by atoms with van der Waals surface area (Å²) in [6.45, 7) is 5.89. The van der Waals surface area contributed by atoms with Crippen molar-refractivity contribution in [3.05, 3.63) is 102 Å². The Morgan fingerprint density at radius 2 is 1.62 bits per heavy atom. The van der Waals surface area contributed by atoms with Gasteiger partial charge < -0.3 is 5.32 Å². The Balaban J connectivity index is 1.58. The Morgan fingerprint density at radius 3 is 2.34 bits per heavy atom. The van der Waals surface area contributed by atoms with Crippen LogP contribution in [0.5, 0.6) is 0 Å². The quantitative estimate of drug-likeness (QED) is 0.506. The van der Waals surface area contributed by atoms with E-state index in [1.807, 2.05) is 48.5 Å². The molecule has 0 radical (unpaired) electrons. The van der Waals surface area contributed by atoms with Crippen molar-refractivity contribution in [2.45, 2.75) is 45.3 Å². The van der Waals surface area contributed by atoms with E-state index in [1.165, 1.54) is 5.56 Å². The molecule has 164 valence electrons. The maximum atomic E-state index is 13.4. The van der Waals surface area contributed by atoms with Crippen LogP contribution in [-0.2, 0) is 11.3 Å². The fourth-order valence-corrected chi connectivity index (χ4v) is 4.30. The van der Waals surface area contributed by atoms with Crippen LogP contribution in [0.2, 0.25) is 0 Å². The highest BCUT2D eigenvalue weighted by Gasteiger charge is 2.31. The molecule has 1 N–H and O–H groups in total. The molecule has 1 unspecified atom stereocenters. The van der Waals surface area contributed by atoms with Crippen molar-refractivity contribution in [3.63, 3.8) is 0 Å². The molecule has 3 aromatic carbocycles. The van der Waals surface area contributed by atoms with Crippen LogP contribution in [0.1, 0.15) is 43.4 Å². The minimum atomic E-state index is -0.120. The molecule has 1 saturated heterocycles. The van der Waals surface area contributed by atoms with Crippen molar-refractivity contribution in [3.8, 4) is 0 Å². The predicted octanol–water partition coefficient (Wildman–Crippen LogP) is 5.54. The predicted molar refractivity (Wildman–Crippen MR) is 132 cm³/mol. The molecule has 1 atom stereocenters. The smallest absolute Gasteiger partial charge is 0.241 e. The zero-order chi connectivity index (χ0) is 22.3. The summed E-state index contributed by atoms with van der Waals surface area (Å²) in [5.74, 6) is 0.0582. The van der Waals surface area contributed by atoms with Crippen LogP contribution in [0.3, 0.4) is 0 Å². The first-order chi connectivity index (χ1) is 15.6. The minimum absolute atomic E-state index is 0.0582. The van der Waals surface area contributed by atoms with Gasteiger partial charge in [0.15, 0.2) is 0 Å². The van der Waals surface area contributed by atoms with Crippen LogP contribution >= 0.6 is 0 Å². The topological polar surface area (TPSA) is 44.7 Å². The number of amides is 1. The number of nitrogens with one attached hydrogen (secondary N) is 1. The van der Waals surface area contributed by atoms with Gasteiger partial charge in [0.2, 0.25) is 5.91 Å². The van der Waals surface area contributed by atoms with E-state index in [4.69, 9.17) is 4.99 Å². The Kier molecular flexibility index (Phi) is 7.13. The second-order valence-electron chi connectivity index (χ2n) is 8.59. The Labute approximate surface area is 191 Å². The van der Waals surface area contributed by atoms with E-state index in [9.17, 15) is 4.79 Å². The Bertz CT molecular complexity index is 1060. The molecule has 1 aliphatic rings. The van der Waals surface area contributed by atoms with Gasteiger partial charge in [-0.1, -0.05) is 78.9 Å². The number of hydrogen-bond donors (Lipinski definition) is 1. The van der Waals surface area contributed by atoms with Gasteiger partial charge in [-0.25, -0.2) is 0 Å². The number of benzene rings is 3. The molecular weight excluding hydrogens is 394 g/mol. The molecule has 1 fully saturated rings. The van der Waals surface area contributed by atoms with E-state index >= 15 is 0 Å². The van der Waals surface area contributed by atoms with Gasteiger partial charge in [0.05, 0.1) is 17.4 Å². The number of rotatable bonds is 7. The minimum Gasteiger partial charge on any atom is -0.324 e. The first kappa shape index (κ1) is 22.0. The highest BCUT2D eigenvalue weighted by Crippen LogP contribution is 2.25. The largest absolute Gasteiger partial charge is 0.324 e. The SMILES string of the molecule is CC(C)/N=C(\c1ccccc1)c1ccccc1NC(=O)C1CCCN1Cc1ccccc1. The lowest BCUT2D eigenvalue weighted by Crippen LogP contribution is -2.39. The van der Waals surface area contributed by atoms with Crippen LogP contribution < -0.4 is 5.32 Å². The van der Waals surface area contributed by atoms with Crippen LogP contribution in [0.25, 0.3) is 0 Å². The van der Waals surface area contributed by atoms with Crippen molar-refractivity contribution in [1.82, 2.24) is 4.90 Å². The van der Waals surface area contributed by atoms with E-state index < -0.39 is 0 Å². The first-order valence-corrected chi connectivity index (χ1v) is 11.4. The number of carbonyl (C=O) groups is 1. The van der Waals surface area contributed by atoms with Crippen LogP contribution in [0, 0.1) is 0 Å². The van der Waals surface area contributed by atoms with E-state index in [1.54, 1.807) is 0 Å². The molecule has 0 spiro atoms. The standard InChI is InChI=1S/C28H31N3O/c1-21(2)29-27(23-14-7-4-8-15-23)24-16-9-10-17-25(24)30-28(32)26-18-11-19-31(26)20-22-12-5-3-6-13-22/h3-10,12-17,21,26H,11,18-20H2,1-2H3,(H,30,32)/b29-27+. The number of nitrogens with zero attached hydrogens (tertiary/aromatic N) is 2. The first-order valence-electron chi connectivity index (χ1n) is 11.4. The maximum absolute atomic E-state index is 13.4. The molecule has 4 heteroatoms. The summed E-state index contributed by atoms with van der Waals surface area (Å²) < 4.78 is 0. The molecule has 4 nitrogen and oxygen atoms in total. The molecule has 1 aliphatic heterocycles. The molecule has 0 aliphatic carbocycles. The molecule has 0 saturated carbocycles. The number of para-hydroxylation sites is 1. The van der Waals surface area contributed by atoms with Crippen molar-refractivity contribution in [2.24, 2.45) is 4.99 Å². The number of carbonyl (C=O) groups excluding carboxylic acids is 1. The molecule has 1 amide bonds. The van der Waals surface area contributed by atoms with Crippen molar-refractivity contribution in [1.29, 1.82) is 0 Å². The van der Waals surface area contributed by atoms with Gasteiger partial charge in [-0.05, 0) is 44.9 Å². The summed E-state index contributed by atoms with van der Waals surface area (Å²) >= 11 is 0. The average Bonchev–Trinajstić information content (AvgIpc) is 3.27. The molecule has 32 heavy (non-hydrogen) atoms. The number of aliphatic imine (C=N–C) groups is 1. The fourth-order valence-electron chi connectivity index (χ4n) is 4.30. The Morgan fingerprint density at radius 1 is 0.969 bits per heavy atom. The van der Waals surface area contributed by atoms with Crippen molar-refractivity contribution < 1.29 is 4.79 Å². The third kappa shape index (κ3) is 5.32. The molecule has 0 aromatic heterocycles. The van der Waals surface area contributed by atoms with Gasteiger partial charge in [-0.2, -0.15) is 0 Å². The zero-order valence-corrected chi connectivity index (χ0v) is 18.9. The lowest BCUT2D eigenvalue weighted by molar-refractivity contribution is -0.120. The summed E-state index contributed by atoms with van der Waals surface area (Å²) in [4.78, 5) is 20.6. The maximum Gasteiger partial charge on any atom is 0.241 e. The van der Waals surface area contributed by atoms with Gasteiger partial charge in [-0.15, -0.1) is 0 Å². The molecule has 0 bridgehead atoms. The van der Waals surface area contributed by atoms with Crippen LogP contribution in [0.4, 0.5) is 5.69 Å². The third-order valence-electron chi connectivity index (χ3n) is 5.77. The monoisotopic (exact) mass is 425 g/mol. The Hall–Kier alpha value is -3.24. The zero-order valence-electron chi connectivity index (χ0n) is 18.9. The molecule has 1 heterocycles. The third-order valence-corrected chi connectivity index (χ3v) is 5.77. The summed E-state index contributed by atoms with van der Waals surface area (Å²) in [5.41, 5.74) is 4.96. The average molecular weight is 426 g/mol. The second kappa shape index (κ2) is 10.4. The highest BCUT2D eigenvalue weighted by atomic mass is 16.2. The van der Waals surface area contributed by atoms with Gasteiger partial charge in [0.1, 0.15) is 0 Å².